The number of nitrogens with one attached hydrogen (secondary N) is 1. The molecule has 1 N–H and O–H groups in total. The Morgan fingerprint density at radius 3 is 1.68 bits per heavy atom. The van der Waals surface area contributed by atoms with Crippen LogP contribution < -0.4 is 0 Å². The molecule has 1 aromatic heterocycles. The lowest BCUT2D eigenvalue weighted by molar-refractivity contribution is 0.537. The fraction of sp³-hybridized carbons (Fsp3) is 0.889. The number of H-pyrrole nitrogens is 1. The van der Waals surface area contributed by atoms with Crippen LogP contribution in [0.3, 0.4) is 0 Å². The monoisotopic (exact) mass is 325 g/mol. The maximum absolute atomic E-state index is 5.12. The minimum absolute atomic E-state index is 0.727. The fourth-order valence-corrected chi connectivity index (χ4v) is 3.06. The van der Waals surface area contributed by atoms with E-state index in [0.717, 1.165) is 17.0 Å². The van der Waals surface area contributed by atoms with E-state index in [9.17, 15) is 0 Å². The van der Waals surface area contributed by atoms with E-state index < -0.39 is 0 Å². The first-order chi connectivity index (χ1) is 10.8. The summed E-state index contributed by atoms with van der Waals surface area (Å²) in [7, 11) is 1.99. The molecule has 0 radical (unpaired) electrons. The van der Waals surface area contributed by atoms with Crippen molar-refractivity contribution in [1.82, 2.24) is 14.8 Å². The second-order valence-electron chi connectivity index (χ2n) is 6.50. The Morgan fingerprint density at radius 1 is 0.818 bits per heavy atom. The minimum atomic E-state index is 0.727. The molecule has 4 heteroatoms. The average Bonchev–Trinajstić information content (AvgIpc) is 2.84. The Bertz CT molecular complexity index is 422. The highest BCUT2D eigenvalue weighted by Crippen LogP contribution is 2.13. The van der Waals surface area contributed by atoms with Gasteiger partial charge in [-0.15, -0.1) is 0 Å². The van der Waals surface area contributed by atoms with Gasteiger partial charge >= 0.3 is 0 Å². The minimum Gasteiger partial charge on any atom is -0.307 e. The molecule has 3 nitrogen and oxygen atoms in total. The third kappa shape index (κ3) is 8.72. The summed E-state index contributed by atoms with van der Waals surface area (Å²) < 4.78 is 2.71. The normalized spacial score (nSPS) is 11.2. The van der Waals surface area contributed by atoms with Crippen molar-refractivity contribution in [3.63, 3.8) is 0 Å². The zero-order valence-corrected chi connectivity index (χ0v) is 15.5. The van der Waals surface area contributed by atoms with Gasteiger partial charge in [-0.05, 0) is 18.6 Å². The van der Waals surface area contributed by atoms with Crippen molar-refractivity contribution >= 4 is 12.2 Å². The summed E-state index contributed by atoms with van der Waals surface area (Å²) in [5, 5.41) is 7.10. The van der Waals surface area contributed by atoms with E-state index in [1.807, 2.05) is 11.6 Å². The maximum Gasteiger partial charge on any atom is 0.194 e. The first-order valence-electron chi connectivity index (χ1n) is 9.36. The molecule has 0 atom stereocenters. The van der Waals surface area contributed by atoms with Gasteiger partial charge < -0.3 is 4.57 Å². The standard InChI is InChI=1S/C18H35N3S/c1-3-4-5-6-7-8-9-10-11-12-13-14-15-16-17-19-20-18(22)21(17)2/h3-16H2,1-2H3,(H,20,22). The van der Waals surface area contributed by atoms with E-state index in [1.165, 1.54) is 83.5 Å². The predicted octanol–water partition coefficient (Wildman–Crippen LogP) is 6.11. The molecular weight excluding hydrogens is 290 g/mol. The summed E-state index contributed by atoms with van der Waals surface area (Å²) >= 11 is 5.12. The maximum atomic E-state index is 5.12. The lowest BCUT2D eigenvalue weighted by Crippen LogP contribution is -1.98. The van der Waals surface area contributed by atoms with Crippen molar-refractivity contribution in [2.45, 2.75) is 96.8 Å². The van der Waals surface area contributed by atoms with Crippen molar-refractivity contribution < 1.29 is 0 Å². The van der Waals surface area contributed by atoms with Crippen LogP contribution in [0.5, 0.6) is 0 Å². The Kier molecular flexibility index (Phi) is 11.3. The van der Waals surface area contributed by atoms with E-state index in [-0.39, 0.29) is 0 Å². The fourth-order valence-electron chi connectivity index (χ4n) is 2.90. The van der Waals surface area contributed by atoms with Gasteiger partial charge in [0.2, 0.25) is 0 Å². The van der Waals surface area contributed by atoms with Crippen molar-refractivity contribution in [3.8, 4) is 0 Å². The Balaban J connectivity index is 1.82. The summed E-state index contributed by atoms with van der Waals surface area (Å²) in [6, 6.07) is 0. The van der Waals surface area contributed by atoms with Crippen LogP contribution in [0.4, 0.5) is 0 Å². The highest BCUT2D eigenvalue weighted by molar-refractivity contribution is 7.71. The van der Waals surface area contributed by atoms with Gasteiger partial charge in [0.1, 0.15) is 5.82 Å². The average molecular weight is 326 g/mol. The van der Waals surface area contributed by atoms with Crippen LogP contribution in [-0.4, -0.2) is 14.8 Å². The van der Waals surface area contributed by atoms with E-state index in [1.54, 1.807) is 0 Å². The SMILES string of the molecule is CCCCCCCCCCCCCCCc1n[nH]c(=S)n1C. The molecule has 0 aromatic carbocycles. The molecule has 0 bridgehead atoms. The first kappa shape index (κ1) is 19.4. The van der Waals surface area contributed by atoms with Crippen LogP contribution >= 0.6 is 12.2 Å². The van der Waals surface area contributed by atoms with Crippen molar-refractivity contribution in [2.24, 2.45) is 7.05 Å². The molecule has 0 unspecified atom stereocenters. The van der Waals surface area contributed by atoms with E-state index in [0.29, 0.717) is 0 Å². The van der Waals surface area contributed by atoms with Crippen LogP contribution in [-0.2, 0) is 13.5 Å². The zero-order chi connectivity index (χ0) is 16.0. The number of nitrogens with zero attached hydrogens (tertiary/aromatic N) is 2. The molecule has 0 aliphatic heterocycles. The Morgan fingerprint density at radius 2 is 1.27 bits per heavy atom. The van der Waals surface area contributed by atoms with Crippen LogP contribution in [0.25, 0.3) is 0 Å². The number of unbranched alkanes of at least 4 members (excludes halogenated alkanes) is 12. The smallest absolute Gasteiger partial charge is 0.194 e. The van der Waals surface area contributed by atoms with E-state index in [2.05, 4.69) is 17.1 Å². The third-order valence-corrected chi connectivity index (χ3v) is 4.84. The van der Waals surface area contributed by atoms with Gasteiger partial charge in [-0.2, -0.15) is 5.10 Å². The highest BCUT2D eigenvalue weighted by atomic mass is 32.1. The predicted molar refractivity (Wildman–Crippen MR) is 97.8 cm³/mol. The van der Waals surface area contributed by atoms with Crippen molar-refractivity contribution in [2.75, 3.05) is 0 Å². The van der Waals surface area contributed by atoms with Gasteiger partial charge in [0.15, 0.2) is 4.77 Å². The molecule has 0 aliphatic carbocycles. The number of rotatable bonds is 14. The molecular formula is C18H35N3S. The molecule has 0 saturated heterocycles. The molecule has 1 rings (SSSR count). The number of hydrogen-bond donors (Lipinski definition) is 1. The lowest BCUT2D eigenvalue weighted by atomic mass is 10.0. The summed E-state index contributed by atoms with van der Waals surface area (Å²) in [5.74, 6) is 1.09. The number of aromatic nitrogens is 3. The molecule has 0 aliphatic rings. The first-order valence-corrected chi connectivity index (χ1v) is 9.76. The van der Waals surface area contributed by atoms with Crippen LogP contribution in [0, 0.1) is 4.77 Å². The molecule has 0 fully saturated rings. The number of aromatic amines is 1. The van der Waals surface area contributed by atoms with Crippen LogP contribution in [0.2, 0.25) is 0 Å². The molecule has 0 amide bonds. The Labute approximate surface area is 141 Å². The molecule has 0 spiro atoms. The zero-order valence-electron chi connectivity index (χ0n) is 14.7. The number of aryl methyl sites for hydroxylation is 1. The van der Waals surface area contributed by atoms with Gasteiger partial charge in [-0.3, -0.25) is 5.10 Å². The van der Waals surface area contributed by atoms with Gasteiger partial charge in [-0.1, -0.05) is 84.0 Å². The summed E-state index contributed by atoms with van der Waals surface area (Å²) in [5.41, 5.74) is 0. The molecule has 128 valence electrons. The van der Waals surface area contributed by atoms with Gasteiger partial charge in [0.25, 0.3) is 0 Å². The second-order valence-corrected chi connectivity index (χ2v) is 6.88. The van der Waals surface area contributed by atoms with Crippen molar-refractivity contribution in [1.29, 1.82) is 0 Å². The van der Waals surface area contributed by atoms with Crippen LogP contribution in [0.1, 0.15) is 96.2 Å². The molecule has 0 saturated carbocycles. The quantitative estimate of drug-likeness (QED) is 0.330. The van der Waals surface area contributed by atoms with Gasteiger partial charge in [0, 0.05) is 13.5 Å². The van der Waals surface area contributed by atoms with Crippen LogP contribution in [0.15, 0.2) is 0 Å². The number of hydrogen-bond acceptors (Lipinski definition) is 2. The van der Waals surface area contributed by atoms with Gasteiger partial charge in [-0.25, -0.2) is 0 Å². The molecule has 1 aromatic rings. The summed E-state index contributed by atoms with van der Waals surface area (Å²) in [6.45, 7) is 2.28. The molecule has 22 heavy (non-hydrogen) atoms. The van der Waals surface area contributed by atoms with Gasteiger partial charge in [0.05, 0.1) is 0 Å². The largest absolute Gasteiger partial charge is 0.307 e. The second kappa shape index (κ2) is 12.9. The van der Waals surface area contributed by atoms with Crippen molar-refractivity contribution in [3.05, 3.63) is 10.6 Å². The Hall–Kier alpha value is -0.640. The highest BCUT2D eigenvalue weighted by Gasteiger charge is 2.01. The summed E-state index contributed by atoms with van der Waals surface area (Å²) in [4.78, 5) is 0. The van der Waals surface area contributed by atoms with E-state index >= 15 is 0 Å². The topological polar surface area (TPSA) is 33.6 Å². The summed E-state index contributed by atoms with van der Waals surface area (Å²) in [6.07, 6.45) is 19.2. The third-order valence-electron chi connectivity index (χ3n) is 4.48. The lowest BCUT2D eigenvalue weighted by Gasteiger charge is -2.03. The van der Waals surface area contributed by atoms with E-state index in [4.69, 9.17) is 12.2 Å². The molecule has 1 heterocycles.